The highest BCUT2D eigenvalue weighted by atomic mass is 127. The van der Waals surface area contributed by atoms with E-state index in [1.807, 2.05) is 42.7 Å². The Balaban J connectivity index is 1.18. The molecule has 0 radical (unpaired) electrons. The van der Waals surface area contributed by atoms with Gasteiger partial charge in [-0.1, -0.05) is 110 Å². The molecule has 13 heteroatoms. The highest BCUT2D eigenvalue weighted by molar-refractivity contribution is 14.1. The molecule has 2 aliphatic rings. The normalized spacial score (nSPS) is 19.3. The standard InChI is InChI=1S/C40H49ClIN7O4/c1-22(2)20-32(50)48-19-7-8-30(48)37-43-29(21-42)34(44-37)27-14-10-25(11-15-27)26-12-16-28(17-13-26)35-36(41)47-38(45-35)31-18-9-24(5)49(31)39(51)33(23(3)4)46-40(52)53-6/h10-17,22-24,30-31,33H,7-9,18-21H2,1-6H3,(H,43,44)(H,45,47)(H,46,52)/t24-,30-,31-,33-/m0/s1. The van der Waals surface area contributed by atoms with Crippen molar-refractivity contribution in [2.75, 3.05) is 13.7 Å². The number of alkyl carbamates (subject to hydrolysis) is 1. The Kier molecular flexibility index (Phi) is 12.2. The Morgan fingerprint density at radius 2 is 1.47 bits per heavy atom. The van der Waals surface area contributed by atoms with E-state index >= 15 is 0 Å². The summed E-state index contributed by atoms with van der Waals surface area (Å²) in [4.78, 5) is 59.4. The van der Waals surface area contributed by atoms with Crippen LogP contribution in [0.15, 0.2) is 48.5 Å². The van der Waals surface area contributed by atoms with Crippen LogP contribution in [0.25, 0.3) is 33.6 Å². The van der Waals surface area contributed by atoms with Gasteiger partial charge in [-0.15, -0.1) is 0 Å². The zero-order chi connectivity index (χ0) is 38.0. The third kappa shape index (κ3) is 8.28. The van der Waals surface area contributed by atoms with Crippen LogP contribution in [-0.4, -0.2) is 73.4 Å². The van der Waals surface area contributed by atoms with Crippen LogP contribution in [-0.2, 0) is 18.8 Å². The number of aromatic amines is 2. The van der Waals surface area contributed by atoms with E-state index < -0.39 is 12.1 Å². The van der Waals surface area contributed by atoms with Gasteiger partial charge in [-0.25, -0.2) is 14.8 Å². The number of hydrogen-bond acceptors (Lipinski definition) is 6. The number of nitrogens with one attached hydrogen (secondary N) is 3. The molecule has 2 fully saturated rings. The highest BCUT2D eigenvalue weighted by Gasteiger charge is 2.41. The van der Waals surface area contributed by atoms with Crippen LogP contribution in [0.5, 0.6) is 0 Å². The molecule has 6 rings (SSSR count). The summed E-state index contributed by atoms with van der Waals surface area (Å²) in [6.45, 7) is 10.8. The number of amides is 3. The minimum absolute atomic E-state index is 0.00990. The molecule has 0 unspecified atom stereocenters. The summed E-state index contributed by atoms with van der Waals surface area (Å²) >= 11 is 9.11. The zero-order valence-electron chi connectivity index (χ0n) is 31.2. The SMILES string of the molecule is COC(=O)N[C@H](C(=O)N1[C@@H](C)CC[C@H]1c1nc(-c2ccc(-c3ccc(-c4nc([C@@H]5CCCN5C(=O)CC(C)C)[nH]c4CI)cc3)cc2)c(Cl)[nH]1)C(C)C. The highest BCUT2D eigenvalue weighted by Crippen LogP contribution is 2.39. The molecule has 4 atom stereocenters. The van der Waals surface area contributed by atoms with Gasteiger partial charge in [-0.2, -0.15) is 0 Å². The van der Waals surface area contributed by atoms with Crippen LogP contribution in [0.2, 0.25) is 5.15 Å². The molecule has 3 N–H and O–H groups in total. The molecule has 3 amide bonds. The quantitative estimate of drug-likeness (QED) is 0.102. The second kappa shape index (κ2) is 16.6. The lowest BCUT2D eigenvalue weighted by Gasteiger charge is -2.32. The summed E-state index contributed by atoms with van der Waals surface area (Å²) in [7, 11) is 1.29. The Bertz CT molecular complexity index is 1920. The van der Waals surface area contributed by atoms with Crippen molar-refractivity contribution < 1.29 is 19.1 Å². The fourth-order valence-electron chi connectivity index (χ4n) is 7.58. The number of aromatic nitrogens is 4. The number of halogens is 2. The van der Waals surface area contributed by atoms with E-state index in [2.05, 4.69) is 88.1 Å². The van der Waals surface area contributed by atoms with Gasteiger partial charge in [0.15, 0.2) is 0 Å². The van der Waals surface area contributed by atoms with Crippen molar-refractivity contribution in [1.82, 2.24) is 35.1 Å². The number of imidazole rings is 2. The Morgan fingerprint density at radius 3 is 2.06 bits per heavy atom. The van der Waals surface area contributed by atoms with Gasteiger partial charge in [0.25, 0.3) is 0 Å². The van der Waals surface area contributed by atoms with Gasteiger partial charge < -0.3 is 29.8 Å². The third-order valence-corrected chi connectivity index (χ3v) is 11.4. The van der Waals surface area contributed by atoms with Crippen molar-refractivity contribution in [3.8, 4) is 33.6 Å². The minimum Gasteiger partial charge on any atom is -0.453 e. The lowest BCUT2D eigenvalue weighted by molar-refractivity contribution is -0.137. The number of rotatable bonds is 11. The molecule has 0 aliphatic carbocycles. The first kappa shape index (κ1) is 38.8. The van der Waals surface area contributed by atoms with E-state index in [-0.39, 0.29) is 35.9 Å². The number of ether oxygens (including phenoxy) is 1. The van der Waals surface area contributed by atoms with Gasteiger partial charge in [0, 0.05) is 34.6 Å². The second-order valence-electron chi connectivity index (χ2n) is 14.9. The molecule has 4 heterocycles. The third-order valence-electron chi connectivity index (χ3n) is 10.4. The Labute approximate surface area is 330 Å². The van der Waals surface area contributed by atoms with Gasteiger partial charge in [0.05, 0.1) is 30.6 Å². The first-order valence-electron chi connectivity index (χ1n) is 18.5. The van der Waals surface area contributed by atoms with Crippen LogP contribution >= 0.6 is 34.2 Å². The fourth-order valence-corrected chi connectivity index (χ4v) is 8.38. The van der Waals surface area contributed by atoms with Crippen molar-refractivity contribution in [2.24, 2.45) is 11.8 Å². The molecular weight excluding hydrogens is 805 g/mol. The van der Waals surface area contributed by atoms with Gasteiger partial charge in [-0.3, -0.25) is 9.59 Å². The van der Waals surface area contributed by atoms with Crippen LogP contribution in [0, 0.1) is 11.8 Å². The van der Waals surface area contributed by atoms with Gasteiger partial charge in [0.2, 0.25) is 11.8 Å². The molecule has 53 heavy (non-hydrogen) atoms. The smallest absolute Gasteiger partial charge is 0.407 e. The number of benzene rings is 2. The lowest BCUT2D eigenvalue weighted by Crippen LogP contribution is -2.52. The van der Waals surface area contributed by atoms with Crippen molar-refractivity contribution in [2.45, 2.75) is 95.3 Å². The number of hydrogen-bond donors (Lipinski definition) is 3. The zero-order valence-corrected chi connectivity index (χ0v) is 34.1. The van der Waals surface area contributed by atoms with Crippen LogP contribution in [0.3, 0.4) is 0 Å². The molecule has 4 aromatic rings. The van der Waals surface area contributed by atoms with Crippen molar-refractivity contribution in [3.05, 3.63) is 71.0 Å². The van der Waals surface area contributed by atoms with Gasteiger partial charge >= 0.3 is 6.09 Å². The fraction of sp³-hybridized carbons (Fsp3) is 0.475. The lowest BCUT2D eigenvalue weighted by atomic mass is 10.0. The molecule has 11 nitrogen and oxygen atoms in total. The number of methoxy groups -OCH3 is 1. The average Bonchev–Trinajstić information content (AvgIpc) is 3.95. The van der Waals surface area contributed by atoms with Crippen LogP contribution < -0.4 is 5.32 Å². The molecule has 0 spiro atoms. The molecule has 2 aromatic heterocycles. The Morgan fingerprint density at radius 1 is 0.887 bits per heavy atom. The summed E-state index contributed by atoms with van der Waals surface area (Å²) in [6, 6.07) is 15.5. The number of carbonyl (C=O) groups is 3. The first-order chi connectivity index (χ1) is 25.4. The summed E-state index contributed by atoms with van der Waals surface area (Å²) in [6.07, 6.45) is 3.36. The summed E-state index contributed by atoms with van der Waals surface area (Å²) in [5, 5.41) is 3.12. The summed E-state index contributed by atoms with van der Waals surface area (Å²) in [5.74, 6) is 1.72. The maximum absolute atomic E-state index is 13.8. The van der Waals surface area contributed by atoms with Gasteiger partial charge in [0.1, 0.15) is 28.5 Å². The first-order valence-corrected chi connectivity index (χ1v) is 20.4. The number of likely N-dealkylation sites (tertiary alicyclic amines) is 2. The molecule has 2 aromatic carbocycles. The Hall–Kier alpha value is -3.91. The maximum atomic E-state index is 13.8. The van der Waals surface area contributed by atoms with Crippen LogP contribution in [0.1, 0.15) is 96.1 Å². The monoisotopic (exact) mass is 853 g/mol. The van der Waals surface area contributed by atoms with E-state index in [9.17, 15) is 14.4 Å². The molecular formula is C40H49ClIN7O4. The number of nitrogens with zero attached hydrogens (tertiary/aromatic N) is 4. The van der Waals surface area contributed by atoms with E-state index in [1.165, 1.54) is 7.11 Å². The van der Waals surface area contributed by atoms with Crippen molar-refractivity contribution in [1.29, 1.82) is 0 Å². The van der Waals surface area contributed by atoms with E-state index in [0.29, 0.717) is 29.0 Å². The number of H-pyrrole nitrogens is 2. The second-order valence-corrected chi connectivity index (χ2v) is 16.1. The predicted octanol–water partition coefficient (Wildman–Crippen LogP) is 8.86. The summed E-state index contributed by atoms with van der Waals surface area (Å²) in [5.41, 5.74) is 6.62. The molecule has 2 saturated heterocycles. The van der Waals surface area contributed by atoms with E-state index in [1.54, 1.807) is 0 Å². The predicted molar refractivity (Wildman–Crippen MR) is 215 cm³/mol. The number of alkyl halides is 1. The molecule has 2 aliphatic heterocycles. The summed E-state index contributed by atoms with van der Waals surface area (Å²) < 4.78 is 5.57. The molecule has 0 bridgehead atoms. The van der Waals surface area contributed by atoms with E-state index in [4.69, 9.17) is 26.3 Å². The van der Waals surface area contributed by atoms with Crippen LogP contribution in [0.4, 0.5) is 4.79 Å². The van der Waals surface area contributed by atoms with Gasteiger partial charge in [-0.05, 0) is 55.6 Å². The van der Waals surface area contributed by atoms with E-state index in [0.717, 1.165) is 76.1 Å². The molecule has 282 valence electrons. The topological polar surface area (TPSA) is 136 Å². The minimum atomic E-state index is -0.726. The number of carbonyl (C=O) groups excluding carboxylic acids is 3. The van der Waals surface area contributed by atoms with Crippen molar-refractivity contribution >= 4 is 52.1 Å². The largest absolute Gasteiger partial charge is 0.453 e. The molecule has 0 saturated carbocycles. The van der Waals surface area contributed by atoms with Crippen molar-refractivity contribution in [3.63, 3.8) is 0 Å². The average molecular weight is 854 g/mol. The maximum Gasteiger partial charge on any atom is 0.407 e.